The van der Waals surface area contributed by atoms with Crippen molar-refractivity contribution in [2.75, 3.05) is 5.75 Å². The first kappa shape index (κ1) is 18.7. The average molecular weight is 368 g/mol. The molecule has 0 N–H and O–H groups in total. The molecule has 3 rings (SSSR count). The number of benzene rings is 2. The van der Waals surface area contributed by atoms with Crippen molar-refractivity contribution in [1.29, 1.82) is 0 Å². The number of hydrogen-bond donors (Lipinski definition) is 0. The summed E-state index contributed by atoms with van der Waals surface area (Å²) in [7, 11) is 0. The molecule has 1 aliphatic heterocycles. The topological polar surface area (TPSA) is 37.4 Å². The van der Waals surface area contributed by atoms with Crippen LogP contribution in [0.4, 0.5) is 0 Å². The Kier molecular flexibility index (Phi) is 6.51. The Morgan fingerprint density at radius 2 is 1.54 bits per heavy atom. The summed E-state index contributed by atoms with van der Waals surface area (Å²) in [6, 6.07) is 15.3. The monoisotopic (exact) mass is 367 g/mol. The fraction of sp³-hybridized carbons (Fsp3) is 0.364. The first-order valence-electron chi connectivity index (χ1n) is 9.31. The van der Waals surface area contributed by atoms with Crippen molar-refractivity contribution < 1.29 is 9.59 Å². The van der Waals surface area contributed by atoms with E-state index < -0.39 is 0 Å². The number of amides is 2. The van der Waals surface area contributed by atoms with Gasteiger partial charge in [-0.1, -0.05) is 62.6 Å². The van der Waals surface area contributed by atoms with Crippen molar-refractivity contribution in [2.45, 2.75) is 44.9 Å². The van der Waals surface area contributed by atoms with Crippen LogP contribution >= 0.6 is 11.8 Å². The Labute approximate surface area is 159 Å². The number of hydrogen-bond acceptors (Lipinski definition) is 3. The van der Waals surface area contributed by atoms with Gasteiger partial charge in [0, 0.05) is 5.75 Å². The van der Waals surface area contributed by atoms with Gasteiger partial charge in [-0.05, 0) is 35.4 Å². The minimum Gasteiger partial charge on any atom is -0.270 e. The smallest absolute Gasteiger partial charge is 0.261 e. The number of unbranched alkanes of at least 4 members (excludes halogenated alkanes) is 3. The zero-order valence-electron chi connectivity index (χ0n) is 15.2. The standard InChI is InChI=1S/C22H25NO2S/c1-2-3-4-7-13-26-16-18-10-8-9-17(14-18)15-23-21(24)19-11-5-6-12-20(19)22(23)25/h5-6,8-12,14H,2-4,7,13,15-16H2,1H3. The molecule has 0 atom stereocenters. The maximum absolute atomic E-state index is 12.5. The van der Waals surface area contributed by atoms with Crippen LogP contribution in [-0.4, -0.2) is 22.5 Å². The van der Waals surface area contributed by atoms with Crippen LogP contribution in [-0.2, 0) is 12.3 Å². The van der Waals surface area contributed by atoms with Crippen LogP contribution in [0.15, 0.2) is 48.5 Å². The van der Waals surface area contributed by atoms with E-state index in [0.717, 1.165) is 11.3 Å². The zero-order chi connectivity index (χ0) is 18.4. The molecule has 2 aromatic rings. The van der Waals surface area contributed by atoms with E-state index in [2.05, 4.69) is 19.1 Å². The minimum absolute atomic E-state index is 0.193. The van der Waals surface area contributed by atoms with Gasteiger partial charge in [0.1, 0.15) is 0 Å². The zero-order valence-corrected chi connectivity index (χ0v) is 16.1. The van der Waals surface area contributed by atoms with Crippen LogP contribution in [0, 0.1) is 0 Å². The van der Waals surface area contributed by atoms with Crippen molar-refractivity contribution in [3.8, 4) is 0 Å². The summed E-state index contributed by atoms with van der Waals surface area (Å²) in [5.41, 5.74) is 3.27. The van der Waals surface area contributed by atoms with Crippen LogP contribution < -0.4 is 0 Å². The maximum Gasteiger partial charge on any atom is 0.261 e. The van der Waals surface area contributed by atoms with Gasteiger partial charge in [-0.3, -0.25) is 14.5 Å². The largest absolute Gasteiger partial charge is 0.270 e. The van der Waals surface area contributed by atoms with E-state index in [4.69, 9.17) is 0 Å². The van der Waals surface area contributed by atoms with Crippen LogP contribution in [0.1, 0.15) is 64.4 Å². The van der Waals surface area contributed by atoms with Crippen LogP contribution in [0.2, 0.25) is 0 Å². The molecule has 2 aromatic carbocycles. The first-order valence-corrected chi connectivity index (χ1v) is 10.5. The molecule has 0 aliphatic carbocycles. The van der Waals surface area contributed by atoms with Gasteiger partial charge in [-0.15, -0.1) is 0 Å². The van der Waals surface area contributed by atoms with Crippen molar-refractivity contribution in [1.82, 2.24) is 4.90 Å². The molecule has 0 saturated carbocycles. The molecular weight excluding hydrogens is 342 g/mol. The average Bonchev–Trinajstić information content (AvgIpc) is 2.90. The molecule has 1 heterocycles. The summed E-state index contributed by atoms with van der Waals surface area (Å²) < 4.78 is 0. The molecule has 0 saturated heterocycles. The Morgan fingerprint density at radius 3 is 2.23 bits per heavy atom. The molecule has 4 heteroatoms. The van der Waals surface area contributed by atoms with Gasteiger partial charge in [0.25, 0.3) is 11.8 Å². The predicted molar refractivity (Wildman–Crippen MR) is 107 cm³/mol. The number of thioether (sulfide) groups is 1. The van der Waals surface area contributed by atoms with Gasteiger partial charge in [0.05, 0.1) is 17.7 Å². The number of fused-ring (bicyclic) bond motifs is 1. The second-order valence-electron chi connectivity index (χ2n) is 6.68. The van der Waals surface area contributed by atoms with Gasteiger partial charge in [0.2, 0.25) is 0 Å². The number of carbonyl (C=O) groups is 2. The quantitative estimate of drug-likeness (QED) is 0.446. The SMILES string of the molecule is CCCCCCSCc1cccc(CN2C(=O)c3ccccc3C2=O)c1. The van der Waals surface area contributed by atoms with Crippen LogP contribution in [0.5, 0.6) is 0 Å². The van der Waals surface area contributed by atoms with E-state index in [9.17, 15) is 9.59 Å². The van der Waals surface area contributed by atoms with E-state index in [-0.39, 0.29) is 11.8 Å². The lowest BCUT2D eigenvalue weighted by molar-refractivity contribution is 0.0642. The lowest BCUT2D eigenvalue weighted by Gasteiger charge is -2.14. The second kappa shape index (κ2) is 9.04. The van der Waals surface area contributed by atoms with Gasteiger partial charge in [-0.25, -0.2) is 0 Å². The second-order valence-corrected chi connectivity index (χ2v) is 7.78. The first-order chi connectivity index (χ1) is 12.7. The molecule has 136 valence electrons. The van der Waals surface area contributed by atoms with Gasteiger partial charge < -0.3 is 0 Å². The Balaban J connectivity index is 1.58. The van der Waals surface area contributed by atoms with Gasteiger partial charge in [-0.2, -0.15) is 11.8 Å². The Hall–Kier alpha value is -2.07. The van der Waals surface area contributed by atoms with Crippen LogP contribution in [0.3, 0.4) is 0 Å². The van der Waals surface area contributed by atoms with Crippen LogP contribution in [0.25, 0.3) is 0 Å². The molecule has 1 aliphatic rings. The molecule has 0 bridgehead atoms. The summed E-state index contributed by atoms with van der Waals surface area (Å²) in [6.45, 7) is 2.56. The highest BCUT2D eigenvalue weighted by atomic mass is 32.2. The molecule has 0 unspecified atom stereocenters. The molecule has 26 heavy (non-hydrogen) atoms. The third kappa shape index (κ3) is 4.36. The Morgan fingerprint density at radius 1 is 0.846 bits per heavy atom. The van der Waals surface area contributed by atoms with E-state index in [1.807, 2.05) is 23.9 Å². The maximum atomic E-state index is 12.5. The fourth-order valence-corrected chi connectivity index (χ4v) is 4.17. The summed E-state index contributed by atoms with van der Waals surface area (Å²) >= 11 is 1.95. The predicted octanol–water partition coefficient (Wildman–Crippen LogP) is 5.30. The lowest BCUT2D eigenvalue weighted by atomic mass is 10.1. The normalized spacial score (nSPS) is 13.3. The number of imide groups is 1. The number of rotatable bonds is 9. The summed E-state index contributed by atoms with van der Waals surface area (Å²) in [5, 5.41) is 0. The summed E-state index contributed by atoms with van der Waals surface area (Å²) in [6.07, 6.45) is 5.16. The van der Waals surface area contributed by atoms with Crippen molar-refractivity contribution in [3.63, 3.8) is 0 Å². The molecule has 0 spiro atoms. The van der Waals surface area contributed by atoms with E-state index in [1.54, 1.807) is 24.3 Å². The summed E-state index contributed by atoms with van der Waals surface area (Å²) in [5.74, 6) is 1.77. The van der Waals surface area contributed by atoms with E-state index >= 15 is 0 Å². The molecular formula is C22H25NO2S. The fourth-order valence-electron chi connectivity index (χ4n) is 3.20. The summed E-state index contributed by atoms with van der Waals surface area (Å²) in [4.78, 5) is 26.3. The third-order valence-electron chi connectivity index (χ3n) is 4.62. The van der Waals surface area contributed by atoms with Crippen molar-refractivity contribution in [2.24, 2.45) is 0 Å². The molecule has 0 fully saturated rings. The minimum atomic E-state index is -0.193. The highest BCUT2D eigenvalue weighted by Crippen LogP contribution is 2.25. The molecule has 0 radical (unpaired) electrons. The van der Waals surface area contributed by atoms with Gasteiger partial charge >= 0.3 is 0 Å². The number of carbonyl (C=O) groups excluding carboxylic acids is 2. The van der Waals surface area contributed by atoms with E-state index in [1.165, 1.54) is 41.9 Å². The highest BCUT2D eigenvalue weighted by molar-refractivity contribution is 7.98. The van der Waals surface area contributed by atoms with Crippen molar-refractivity contribution in [3.05, 3.63) is 70.8 Å². The van der Waals surface area contributed by atoms with Gasteiger partial charge in [0.15, 0.2) is 0 Å². The third-order valence-corrected chi connectivity index (χ3v) is 5.74. The number of nitrogens with zero attached hydrogens (tertiary/aromatic N) is 1. The Bertz CT molecular complexity index is 752. The molecule has 3 nitrogen and oxygen atoms in total. The van der Waals surface area contributed by atoms with Crippen molar-refractivity contribution >= 4 is 23.6 Å². The lowest BCUT2D eigenvalue weighted by Crippen LogP contribution is -2.29. The molecule has 2 amide bonds. The van der Waals surface area contributed by atoms with E-state index in [0.29, 0.717) is 17.7 Å². The highest BCUT2D eigenvalue weighted by Gasteiger charge is 2.34. The molecule has 0 aromatic heterocycles.